The first-order chi connectivity index (χ1) is 13.5. The molecule has 2 amide bonds. The first-order valence-corrected chi connectivity index (χ1v) is 9.77. The van der Waals surface area contributed by atoms with Gasteiger partial charge in [-0.2, -0.15) is 0 Å². The second-order valence-corrected chi connectivity index (χ2v) is 7.40. The number of benzene rings is 1. The van der Waals surface area contributed by atoms with E-state index in [9.17, 15) is 9.59 Å². The van der Waals surface area contributed by atoms with Crippen LogP contribution < -0.4 is 4.90 Å². The molecule has 1 saturated heterocycles. The predicted octanol–water partition coefficient (Wildman–Crippen LogP) is 2.80. The molecule has 2 aromatic rings. The molecule has 1 aromatic heterocycles. The molecule has 0 unspecified atom stereocenters. The number of carbonyl (C=O) groups is 2. The van der Waals surface area contributed by atoms with Crippen molar-refractivity contribution in [3.05, 3.63) is 59.9 Å². The highest BCUT2D eigenvalue weighted by Crippen LogP contribution is 2.19. The van der Waals surface area contributed by atoms with E-state index in [0.717, 1.165) is 24.3 Å². The lowest BCUT2D eigenvalue weighted by Gasteiger charge is -2.35. The van der Waals surface area contributed by atoms with Gasteiger partial charge in [0.15, 0.2) is 0 Å². The molecule has 2 heterocycles. The maximum atomic E-state index is 13.2. The van der Waals surface area contributed by atoms with E-state index in [4.69, 9.17) is 0 Å². The van der Waals surface area contributed by atoms with Gasteiger partial charge in [0.05, 0.1) is 0 Å². The molecule has 0 bridgehead atoms. The molecule has 1 aliphatic heterocycles. The predicted molar refractivity (Wildman–Crippen MR) is 110 cm³/mol. The summed E-state index contributed by atoms with van der Waals surface area (Å²) in [4.78, 5) is 34.9. The zero-order valence-electron chi connectivity index (χ0n) is 16.8. The Labute approximate surface area is 166 Å². The topological polar surface area (TPSA) is 56.8 Å². The van der Waals surface area contributed by atoms with E-state index >= 15 is 0 Å². The number of rotatable bonds is 5. The molecule has 0 saturated carbocycles. The normalized spacial score (nSPS) is 14.3. The third-order valence-electron chi connectivity index (χ3n) is 5.13. The van der Waals surface area contributed by atoms with Crippen LogP contribution in [0.2, 0.25) is 0 Å². The number of aromatic nitrogens is 1. The van der Waals surface area contributed by atoms with E-state index in [2.05, 4.69) is 9.88 Å². The highest BCUT2D eigenvalue weighted by atomic mass is 16.2. The molecule has 3 rings (SSSR count). The van der Waals surface area contributed by atoms with Crippen LogP contribution >= 0.6 is 0 Å². The molecule has 148 valence electrons. The van der Waals surface area contributed by atoms with Gasteiger partial charge in [0, 0.05) is 57.6 Å². The van der Waals surface area contributed by atoms with Crippen LogP contribution in [0.25, 0.3) is 0 Å². The fraction of sp³-hybridized carbons (Fsp3) is 0.409. The summed E-state index contributed by atoms with van der Waals surface area (Å²) < 4.78 is 0. The minimum Gasteiger partial charge on any atom is -0.368 e. The second-order valence-electron chi connectivity index (χ2n) is 7.40. The summed E-state index contributed by atoms with van der Waals surface area (Å²) in [6.45, 7) is 9.12. The summed E-state index contributed by atoms with van der Waals surface area (Å²) in [6, 6.07) is 13.9. The summed E-state index contributed by atoms with van der Waals surface area (Å²) >= 11 is 0. The van der Waals surface area contributed by atoms with Crippen molar-refractivity contribution >= 4 is 17.5 Å². The molecule has 0 radical (unpaired) electrons. The van der Waals surface area contributed by atoms with Crippen LogP contribution in [0.15, 0.2) is 48.7 Å². The molecule has 6 heteroatoms. The lowest BCUT2D eigenvalue weighted by atomic mass is 10.1. The van der Waals surface area contributed by atoms with Gasteiger partial charge in [-0.3, -0.25) is 14.6 Å². The Morgan fingerprint density at radius 1 is 1.07 bits per heavy atom. The maximum absolute atomic E-state index is 13.2. The van der Waals surface area contributed by atoms with E-state index in [1.165, 1.54) is 0 Å². The summed E-state index contributed by atoms with van der Waals surface area (Å²) in [6.07, 6.45) is 1.70. The Kier molecular flexibility index (Phi) is 6.29. The Morgan fingerprint density at radius 3 is 2.36 bits per heavy atom. The van der Waals surface area contributed by atoms with E-state index in [1.54, 1.807) is 13.1 Å². The van der Waals surface area contributed by atoms with Crippen LogP contribution in [0.5, 0.6) is 0 Å². The van der Waals surface area contributed by atoms with Crippen molar-refractivity contribution in [1.29, 1.82) is 0 Å². The van der Waals surface area contributed by atoms with Gasteiger partial charge in [-0.05, 0) is 31.5 Å². The third-order valence-corrected chi connectivity index (χ3v) is 5.13. The van der Waals surface area contributed by atoms with E-state index in [-0.39, 0.29) is 17.9 Å². The quantitative estimate of drug-likeness (QED) is 0.800. The first-order valence-electron chi connectivity index (χ1n) is 9.77. The number of anilines is 1. The Morgan fingerprint density at radius 2 is 1.75 bits per heavy atom. The molecule has 0 atom stereocenters. The molecule has 1 aromatic carbocycles. The summed E-state index contributed by atoms with van der Waals surface area (Å²) in [5.74, 6) is 0.0433. The minimum atomic E-state index is -0.0666. The third kappa shape index (κ3) is 4.68. The van der Waals surface area contributed by atoms with Crippen LogP contribution in [-0.2, 0) is 11.3 Å². The van der Waals surface area contributed by atoms with E-state index < -0.39 is 0 Å². The first kappa shape index (κ1) is 19.9. The number of hydrogen-bond donors (Lipinski definition) is 0. The molecular formula is C22H28N4O2. The monoisotopic (exact) mass is 380 g/mol. The van der Waals surface area contributed by atoms with Gasteiger partial charge in [0.25, 0.3) is 5.91 Å². The standard InChI is InChI=1S/C22H28N4O2/c1-17(2)26(16-19-7-5-4-6-8-19)22(28)21-15-20(9-10-23-21)25-13-11-24(12-14-25)18(3)27/h4-10,15,17H,11-14,16H2,1-3H3. The maximum Gasteiger partial charge on any atom is 0.273 e. The van der Waals surface area contributed by atoms with Gasteiger partial charge in [-0.1, -0.05) is 30.3 Å². The highest BCUT2D eigenvalue weighted by Gasteiger charge is 2.23. The summed E-state index contributed by atoms with van der Waals surface area (Å²) in [5, 5.41) is 0. The molecular weight excluding hydrogens is 352 g/mol. The van der Waals surface area contributed by atoms with Crippen molar-refractivity contribution < 1.29 is 9.59 Å². The lowest BCUT2D eigenvalue weighted by Crippen LogP contribution is -2.48. The number of nitrogens with zero attached hydrogens (tertiary/aromatic N) is 4. The van der Waals surface area contributed by atoms with Crippen molar-refractivity contribution in [2.45, 2.75) is 33.4 Å². The fourth-order valence-electron chi connectivity index (χ4n) is 3.43. The average Bonchev–Trinajstić information content (AvgIpc) is 2.72. The van der Waals surface area contributed by atoms with Gasteiger partial charge in [-0.25, -0.2) is 0 Å². The van der Waals surface area contributed by atoms with Crippen LogP contribution in [0.3, 0.4) is 0 Å². The molecule has 1 aliphatic rings. The Balaban J connectivity index is 1.74. The highest BCUT2D eigenvalue weighted by molar-refractivity contribution is 5.93. The van der Waals surface area contributed by atoms with Crippen LogP contribution in [0.1, 0.15) is 36.8 Å². The number of hydrogen-bond acceptors (Lipinski definition) is 4. The summed E-state index contributed by atoms with van der Waals surface area (Å²) in [5.41, 5.74) is 2.53. The van der Waals surface area contributed by atoms with Gasteiger partial charge < -0.3 is 14.7 Å². The van der Waals surface area contributed by atoms with Gasteiger partial charge in [0.2, 0.25) is 5.91 Å². The molecule has 28 heavy (non-hydrogen) atoms. The smallest absolute Gasteiger partial charge is 0.273 e. The van der Waals surface area contributed by atoms with Crippen LogP contribution in [0.4, 0.5) is 5.69 Å². The van der Waals surface area contributed by atoms with E-state index in [0.29, 0.717) is 25.3 Å². The van der Waals surface area contributed by atoms with Crippen molar-refractivity contribution in [1.82, 2.24) is 14.8 Å². The van der Waals surface area contributed by atoms with Crippen molar-refractivity contribution in [3.8, 4) is 0 Å². The molecule has 0 aliphatic carbocycles. The van der Waals surface area contributed by atoms with Crippen LogP contribution in [-0.4, -0.2) is 58.8 Å². The Hall–Kier alpha value is -2.89. The zero-order chi connectivity index (χ0) is 20.1. The molecule has 0 N–H and O–H groups in total. The number of pyridine rings is 1. The largest absolute Gasteiger partial charge is 0.368 e. The summed E-state index contributed by atoms with van der Waals surface area (Å²) in [7, 11) is 0. The fourth-order valence-corrected chi connectivity index (χ4v) is 3.43. The number of amides is 2. The average molecular weight is 380 g/mol. The van der Waals surface area contributed by atoms with Crippen LogP contribution in [0, 0.1) is 0 Å². The second kappa shape index (κ2) is 8.87. The Bertz CT molecular complexity index is 814. The molecule has 0 spiro atoms. The van der Waals surface area contributed by atoms with Crippen molar-refractivity contribution in [3.63, 3.8) is 0 Å². The van der Waals surface area contributed by atoms with Gasteiger partial charge in [-0.15, -0.1) is 0 Å². The number of carbonyl (C=O) groups excluding carboxylic acids is 2. The zero-order valence-corrected chi connectivity index (χ0v) is 16.8. The molecule has 6 nitrogen and oxygen atoms in total. The van der Waals surface area contributed by atoms with Gasteiger partial charge in [0.1, 0.15) is 5.69 Å². The molecule has 1 fully saturated rings. The number of piperazine rings is 1. The van der Waals surface area contributed by atoms with E-state index in [1.807, 2.05) is 66.1 Å². The van der Waals surface area contributed by atoms with Crippen molar-refractivity contribution in [2.24, 2.45) is 0 Å². The minimum absolute atomic E-state index is 0.0666. The van der Waals surface area contributed by atoms with Crippen molar-refractivity contribution in [2.75, 3.05) is 31.1 Å². The SMILES string of the molecule is CC(=O)N1CCN(c2ccnc(C(=O)N(Cc3ccccc3)C(C)C)c2)CC1. The lowest BCUT2D eigenvalue weighted by molar-refractivity contribution is -0.129. The van der Waals surface area contributed by atoms with Gasteiger partial charge >= 0.3 is 0 Å².